The summed E-state index contributed by atoms with van der Waals surface area (Å²) in [6, 6.07) is 9.33. The average molecular weight is 472 g/mol. The fraction of sp³-hybridized carbons (Fsp3) is 0.333. The second kappa shape index (κ2) is 11.2. The molecule has 0 aliphatic rings. The highest BCUT2D eigenvalue weighted by Gasteiger charge is 2.17. The number of pyridine rings is 1. The van der Waals surface area contributed by atoms with Crippen molar-refractivity contribution in [1.29, 1.82) is 0 Å². The van der Waals surface area contributed by atoms with Crippen LogP contribution < -0.4 is 5.48 Å². The van der Waals surface area contributed by atoms with Crippen molar-refractivity contribution >= 4 is 31.0 Å². The number of rotatable bonds is 11. The normalized spacial score (nSPS) is 11.9. The lowest BCUT2D eigenvalue weighted by atomic mass is 10.1. The molecule has 0 saturated carbocycles. The van der Waals surface area contributed by atoms with Gasteiger partial charge in [-0.15, -0.1) is 0 Å². The second-order valence-electron chi connectivity index (χ2n) is 8.81. The number of hydroxylamine groups is 1. The molecular weight excluding hydrogens is 441 g/mol. The minimum Gasteiger partial charge on any atom is -0.464 e. The molecule has 1 N–H and O–H groups in total. The number of esters is 1. The van der Waals surface area contributed by atoms with E-state index in [2.05, 4.69) is 30.1 Å². The molecule has 9 heteroatoms. The van der Waals surface area contributed by atoms with Gasteiger partial charge in [0.25, 0.3) is 0 Å². The summed E-state index contributed by atoms with van der Waals surface area (Å²) >= 11 is 0. The van der Waals surface area contributed by atoms with Gasteiger partial charge in [0.2, 0.25) is 0 Å². The molecule has 0 saturated heterocycles. The van der Waals surface area contributed by atoms with Gasteiger partial charge in [-0.3, -0.25) is 5.48 Å². The molecule has 0 aliphatic heterocycles. The first kappa shape index (κ1) is 24.6. The van der Waals surface area contributed by atoms with E-state index in [1.54, 1.807) is 30.6 Å². The van der Waals surface area contributed by atoms with E-state index in [-0.39, 0.29) is 18.3 Å². The molecule has 0 amide bonds. The molecule has 2 aromatic heterocycles. The molecule has 0 spiro atoms. The number of hydrogen-bond acceptors (Lipinski definition) is 6. The molecule has 0 bridgehead atoms. The lowest BCUT2D eigenvalue weighted by molar-refractivity contribution is -0.0816. The molecule has 0 atom stereocenters. The first-order valence-corrected chi connectivity index (χ1v) is 14.4. The Morgan fingerprint density at radius 3 is 2.67 bits per heavy atom. The first-order chi connectivity index (χ1) is 15.8. The maximum Gasteiger partial charge on any atom is 0.357 e. The van der Waals surface area contributed by atoms with E-state index in [1.165, 1.54) is 19.2 Å². The number of ether oxygens (including phenoxy) is 2. The Morgan fingerprint density at radius 2 is 1.97 bits per heavy atom. The third-order valence-electron chi connectivity index (χ3n) is 5.05. The van der Waals surface area contributed by atoms with Gasteiger partial charge in [0, 0.05) is 44.6 Å². The highest BCUT2D eigenvalue weighted by Crippen LogP contribution is 2.25. The Hall–Kier alpha value is -3.01. The number of methoxy groups -OCH3 is 1. The molecular formula is C24H30FN3O4Si. The molecule has 7 nitrogen and oxygen atoms in total. The zero-order chi connectivity index (χ0) is 23.8. The van der Waals surface area contributed by atoms with E-state index in [9.17, 15) is 9.18 Å². The summed E-state index contributed by atoms with van der Waals surface area (Å²) in [5, 5.41) is 0.831. The van der Waals surface area contributed by atoms with Crippen LogP contribution >= 0.6 is 0 Å². The Labute approximate surface area is 194 Å². The highest BCUT2D eigenvalue weighted by molar-refractivity contribution is 6.76. The smallest absolute Gasteiger partial charge is 0.357 e. The van der Waals surface area contributed by atoms with E-state index in [0.717, 1.165) is 22.5 Å². The Morgan fingerprint density at radius 1 is 1.21 bits per heavy atom. The van der Waals surface area contributed by atoms with Crippen LogP contribution in [-0.4, -0.2) is 44.1 Å². The van der Waals surface area contributed by atoms with Crippen molar-refractivity contribution in [1.82, 2.24) is 15.0 Å². The van der Waals surface area contributed by atoms with Gasteiger partial charge in [-0.2, -0.15) is 0 Å². The quantitative estimate of drug-likeness (QED) is 0.142. The van der Waals surface area contributed by atoms with Gasteiger partial charge in [0.1, 0.15) is 5.82 Å². The van der Waals surface area contributed by atoms with E-state index in [0.29, 0.717) is 18.7 Å². The van der Waals surface area contributed by atoms with Crippen molar-refractivity contribution in [3.8, 4) is 0 Å². The summed E-state index contributed by atoms with van der Waals surface area (Å²) in [5.74, 6) is -0.803. The van der Waals surface area contributed by atoms with E-state index >= 15 is 0 Å². The predicted molar refractivity (Wildman–Crippen MR) is 129 cm³/mol. The zero-order valence-corrected chi connectivity index (χ0v) is 20.4. The van der Waals surface area contributed by atoms with Gasteiger partial charge in [-0.1, -0.05) is 31.8 Å². The van der Waals surface area contributed by atoms with Crippen molar-refractivity contribution in [2.45, 2.75) is 32.2 Å². The summed E-state index contributed by atoms with van der Waals surface area (Å²) in [5.41, 5.74) is 5.31. The van der Waals surface area contributed by atoms with E-state index in [4.69, 9.17) is 14.3 Å². The predicted octanol–water partition coefficient (Wildman–Crippen LogP) is 4.81. The number of aromatic nitrogens is 2. The van der Waals surface area contributed by atoms with Gasteiger partial charge in [0.15, 0.2) is 12.5 Å². The summed E-state index contributed by atoms with van der Waals surface area (Å²) in [4.78, 5) is 21.9. The van der Waals surface area contributed by atoms with Crippen LogP contribution in [0.4, 0.5) is 4.39 Å². The third kappa shape index (κ3) is 6.98. The highest BCUT2D eigenvalue weighted by atomic mass is 28.3. The fourth-order valence-corrected chi connectivity index (χ4v) is 3.97. The Bertz CT molecular complexity index is 1110. The van der Waals surface area contributed by atoms with Gasteiger partial charge >= 0.3 is 5.97 Å². The van der Waals surface area contributed by atoms with E-state index < -0.39 is 14.0 Å². The molecule has 33 heavy (non-hydrogen) atoms. The maximum atomic E-state index is 13.2. The van der Waals surface area contributed by atoms with E-state index in [1.807, 2.05) is 16.8 Å². The number of fused-ring (bicyclic) bond motifs is 1. The summed E-state index contributed by atoms with van der Waals surface area (Å²) in [6.45, 7) is 8.20. The number of carbonyl (C=O) groups excluding carboxylic acids is 1. The average Bonchev–Trinajstić information content (AvgIpc) is 3.18. The topological polar surface area (TPSA) is 74.6 Å². The summed E-state index contributed by atoms with van der Waals surface area (Å²) in [6.07, 6.45) is 6.84. The molecule has 3 aromatic rings. The molecule has 2 heterocycles. The molecule has 0 radical (unpaired) electrons. The second-order valence-corrected chi connectivity index (χ2v) is 14.4. The Kier molecular flexibility index (Phi) is 8.37. The van der Waals surface area contributed by atoms with Crippen molar-refractivity contribution in [2.75, 3.05) is 20.5 Å². The van der Waals surface area contributed by atoms with Crippen LogP contribution in [0.25, 0.3) is 17.0 Å². The van der Waals surface area contributed by atoms with Crippen molar-refractivity contribution < 1.29 is 23.5 Å². The largest absolute Gasteiger partial charge is 0.464 e. The number of nitrogens with zero attached hydrogens (tertiary/aromatic N) is 2. The Balaban J connectivity index is 1.73. The number of benzene rings is 1. The lowest BCUT2D eigenvalue weighted by Gasteiger charge is -2.15. The molecule has 0 unspecified atom stereocenters. The van der Waals surface area contributed by atoms with Crippen LogP contribution in [0.2, 0.25) is 25.7 Å². The van der Waals surface area contributed by atoms with Crippen LogP contribution in [0.3, 0.4) is 0 Å². The van der Waals surface area contributed by atoms with Crippen LogP contribution in [0.15, 0.2) is 48.9 Å². The number of halogens is 1. The lowest BCUT2D eigenvalue weighted by Crippen LogP contribution is -2.22. The molecule has 3 rings (SSSR count). The number of nitrogens with one attached hydrogen (secondary N) is 1. The third-order valence-corrected chi connectivity index (χ3v) is 6.76. The van der Waals surface area contributed by atoms with Gasteiger partial charge in [0.05, 0.1) is 18.8 Å². The number of hydrogen-bond donors (Lipinski definition) is 1. The molecule has 0 aliphatic carbocycles. The summed E-state index contributed by atoms with van der Waals surface area (Å²) < 4.78 is 25.6. The van der Waals surface area contributed by atoms with Gasteiger partial charge < -0.3 is 14.0 Å². The van der Waals surface area contributed by atoms with Crippen LogP contribution in [0.5, 0.6) is 0 Å². The van der Waals surface area contributed by atoms with Crippen molar-refractivity contribution in [2.24, 2.45) is 0 Å². The fourth-order valence-electron chi connectivity index (χ4n) is 3.21. The van der Waals surface area contributed by atoms with Crippen molar-refractivity contribution in [3.05, 3.63) is 71.6 Å². The molecule has 176 valence electrons. The maximum absolute atomic E-state index is 13.2. The van der Waals surface area contributed by atoms with Gasteiger partial charge in [-0.05, 0) is 35.9 Å². The van der Waals surface area contributed by atoms with Crippen LogP contribution in [0.1, 0.15) is 21.6 Å². The van der Waals surface area contributed by atoms with Gasteiger partial charge in [-0.25, -0.2) is 19.0 Å². The van der Waals surface area contributed by atoms with Crippen LogP contribution in [-0.2, 0) is 20.9 Å². The monoisotopic (exact) mass is 471 g/mol. The first-order valence-electron chi connectivity index (χ1n) is 10.7. The SMILES string of the molecule is COC(=O)c1ncc2c(ccn2Cc2ccc(F)cc2)c1C=CNOCOCC[Si](C)(C)C. The number of carbonyl (C=O) groups is 1. The minimum absolute atomic E-state index is 0.120. The summed E-state index contributed by atoms with van der Waals surface area (Å²) in [7, 11) is 0.186. The molecule has 0 fully saturated rings. The van der Waals surface area contributed by atoms with Crippen LogP contribution in [0, 0.1) is 5.82 Å². The zero-order valence-electron chi connectivity index (χ0n) is 19.4. The minimum atomic E-state index is -1.13. The van der Waals surface area contributed by atoms with Crippen molar-refractivity contribution in [3.63, 3.8) is 0 Å². The standard InChI is InChI=1S/C24H30FN3O4Si/c1-30-24(29)23-21(9-11-27-32-17-31-13-14-33(2,3)4)20-10-12-28(22(20)15-26-23)16-18-5-7-19(25)8-6-18/h5-12,15,27H,13-14,16-17H2,1-4H3. The molecule has 1 aromatic carbocycles.